The SMILES string of the molecule is CCc1nn(C)cc1NC(=O)Cn1cc(C(=O)O)nn1. The molecule has 0 radical (unpaired) electrons. The van der Waals surface area contributed by atoms with Crippen molar-refractivity contribution < 1.29 is 14.7 Å². The summed E-state index contributed by atoms with van der Waals surface area (Å²) in [4.78, 5) is 22.5. The minimum atomic E-state index is -1.18. The van der Waals surface area contributed by atoms with Gasteiger partial charge in [0, 0.05) is 13.2 Å². The molecule has 0 unspecified atom stereocenters. The van der Waals surface area contributed by atoms with E-state index in [0.29, 0.717) is 12.1 Å². The summed E-state index contributed by atoms with van der Waals surface area (Å²) in [5.74, 6) is -1.51. The van der Waals surface area contributed by atoms with Crippen molar-refractivity contribution in [3.63, 3.8) is 0 Å². The molecule has 2 aromatic rings. The lowest BCUT2D eigenvalue weighted by Crippen LogP contribution is -2.19. The Labute approximate surface area is 114 Å². The highest BCUT2D eigenvalue weighted by Crippen LogP contribution is 2.13. The van der Waals surface area contributed by atoms with Gasteiger partial charge in [-0.3, -0.25) is 9.48 Å². The summed E-state index contributed by atoms with van der Waals surface area (Å²) in [6.45, 7) is 1.83. The molecule has 2 rings (SSSR count). The number of hydrogen-bond donors (Lipinski definition) is 2. The molecule has 0 aromatic carbocycles. The zero-order valence-electron chi connectivity index (χ0n) is 11.1. The van der Waals surface area contributed by atoms with Gasteiger partial charge in [-0.1, -0.05) is 12.1 Å². The minimum absolute atomic E-state index is 0.113. The van der Waals surface area contributed by atoms with E-state index in [1.54, 1.807) is 17.9 Å². The number of aromatic carboxylic acids is 1. The second kappa shape index (κ2) is 5.51. The average molecular weight is 278 g/mol. The van der Waals surface area contributed by atoms with Crippen LogP contribution in [-0.4, -0.2) is 41.8 Å². The standard InChI is InChI=1S/C11H14N6O3/c1-3-7-8(4-16(2)14-7)12-10(18)6-17-5-9(11(19)20)13-15-17/h4-5H,3,6H2,1-2H3,(H,12,18)(H,19,20). The molecule has 1 amide bonds. The topological polar surface area (TPSA) is 115 Å². The van der Waals surface area contributed by atoms with Crippen molar-refractivity contribution in [2.75, 3.05) is 5.32 Å². The molecule has 106 valence electrons. The molecule has 0 saturated heterocycles. The molecule has 0 aliphatic heterocycles. The highest BCUT2D eigenvalue weighted by molar-refractivity contribution is 5.91. The summed E-state index contributed by atoms with van der Waals surface area (Å²) in [5, 5.41) is 22.6. The number of carbonyl (C=O) groups excluding carboxylic acids is 1. The molecule has 2 N–H and O–H groups in total. The lowest BCUT2D eigenvalue weighted by atomic mass is 10.3. The molecule has 9 heteroatoms. The number of carboxylic acids is 1. The van der Waals surface area contributed by atoms with E-state index in [1.165, 1.54) is 10.9 Å². The van der Waals surface area contributed by atoms with Gasteiger partial charge in [0.15, 0.2) is 5.69 Å². The third-order valence-corrected chi connectivity index (χ3v) is 2.58. The second-order valence-electron chi connectivity index (χ2n) is 4.17. The Bertz CT molecular complexity index is 644. The molecule has 2 heterocycles. The molecular formula is C11H14N6O3. The molecule has 0 bridgehead atoms. The van der Waals surface area contributed by atoms with Crippen LogP contribution in [-0.2, 0) is 24.8 Å². The van der Waals surface area contributed by atoms with Crippen LogP contribution >= 0.6 is 0 Å². The van der Waals surface area contributed by atoms with Crippen molar-refractivity contribution in [2.45, 2.75) is 19.9 Å². The van der Waals surface area contributed by atoms with Crippen LogP contribution in [0.2, 0.25) is 0 Å². The lowest BCUT2D eigenvalue weighted by Gasteiger charge is -2.03. The Morgan fingerprint density at radius 1 is 1.40 bits per heavy atom. The van der Waals surface area contributed by atoms with Gasteiger partial charge in [0.1, 0.15) is 6.54 Å². The smallest absolute Gasteiger partial charge is 0.358 e. The summed E-state index contributed by atoms with van der Waals surface area (Å²) in [6.07, 6.45) is 3.61. The van der Waals surface area contributed by atoms with E-state index in [2.05, 4.69) is 20.7 Å². The summed E-state index contributed by atoms with van der Waals surface area (Å²) >= 11 is 0. The highest BCUT2D eigenvalue weighted by atomic mass is 16.4. The minimum Gasteiger partial charge on any atom is -0.476 e. The van der Waals surface area contributed by atoms with Crippen molar-refractivity contribution in [2.24, 2.45) is 7.05 Å². The summed E-state index contributed by atoms with van der Waals surface area (Å²) < 4.78 is 2.78. The first-order valence-corrected chi connectivity index (χ1v) is 5.95. The van der Waals surface area contributed by atoms with E-state index in [-0.39, 0.29) is 18.1 Å². The first-order chi connectivity index (χ1) is 9.49. The lowest BCUT2D eigenvalue weighted by molar-refractivity contribution is -0.116. The fraction of sp³-hybridized carbons (Fsp3) is 0.364. The van der Waals surface area contributed by atoms with Crippen LogP contribution in [0.5, 0.6) is 0 Å². The Morgan fingerprint density at radius 2 is 2.15 bits per heavy atom. The average Bonchev–Trinajstić information content (AvgIpc) is 2.96. The highest BCUT2D eigenvalue weighted by Gasteiger charge is 2.13. The van der Waals surface area contributed by atoms with Gasteiger partial charge in [-0.25, -0.2) is 9.48 Å². The number of rotatable bonds is 5. The zero-order chi connectivity index (χ0) is 14.7. The Balaban J connectivity index is 2.02. The van der Waals surface area contributed by atoms with Crippen molar-refractivity contribution in [1.82, 2.24) is 24.8 Å². The predicted octanol–water partition coefficient (Wildman–Crippen LogP) is -0.0891. The predicted molar refractivity (Wildman–Crippen MR) is 68.2 cm³/mol. The fourth-order valence-corrected chi connectivity index (χ4v) is 1.71. The summed E-state index contributed by atoms with van der Waals surface area (Å²) in [7, 11) is 1.77. The van der Waals surface area contributed by atoms with Crippen LogP contribution in [0.15, 0.2) is 12.4 Å². The number of carbonyl (C=O) groups is 2. The third-order valence-electron chi connectivity index (χ3n) is 2.58. The number of nitrogens with one attached hydrogen (secondary N) is 1. The summed E-state index contributed by atoms with van der Waals surface area (Å²) in [6, 6.07) is 0. The number of aromatic nitrogens is 5. The Kier molecular flexibility index (Phi) is 3.78. The van der Waals surface area contributed by atoms with Crippen molar-refractivity contribution in [3.05, 3.63) is 23.8 Å². The quantitative estimate of drug-likeness (QED) is 0.789. The third kappa shape index (κ3) is 2.99. The van der Waals surface area contributed by atoms with Gasteiger partial charge in [-0.05, 0) is 6.42 Å². The van der Waals surface area contributed by atoms with Crippen LogP contribution in [0.1, 0.15) is 23.1 Å². The van der Waals surface area contributed by atoms with Gasteiger partial charge < -0.3 is 10.4 Å². The van der Waals surface area contributed by atoms with Gasteiger partial charge in [0.25, 0.3) is 0 Å². The molecule has 0 atom stereocenters. The molecule has 2 aromatic heterocycles. The second-order valence-corrected chi connectivity index (χ2v) is 4.17. The fourth-order valence-electron chi connectivity index (χ4n) is 1.71. The molecule has 20 heavy (non-hydrogen) atoms. The molecule has 0 spiro atoms. The van der Waals surface area contributed by atoms with E-state index < -0.39 is 5.97 Å². The van der Waals surface area contributed by atoms with Gasteiger partial charge in [0.2, 0.25) is 5.91 Å². The van der Waals surface area contributed by atoms with E-state index >= 15 is 0 Å². The Hall–Kier alpha value is -2.71. The van der Waals surface area contributed by atoms with Gasteiger partial charge in [-0.15, -0.1) is 5.10 Å². The van der Waals surface area contributed by atoms with E-state index in [1.807, 2.05) is 6.92 Å². The van der Waals surface area contributed by atoms with Gasteiger partial charge in [0.05, 0.1) is 17.6 Å². The first-order valence-electron chi connectivity index (χ1n) is 5.95. The number of aryl methyl sites for hydroxylation is 2. The maximum atomic E-state index is 11.9. The normalized spacial score (nSPS) is 10.5. The monoisotopic (exact) mass is 278 g/mol. The molecule has 0 aliphatic carbocycles. The molecular weight excluding hydrogens is 264 g/mol. The number of anilines is 1. The molecule has 0 aliphatic rings. The van der Waals surface area contributed by atoms with Crippen LogP contribution in [0.25, 0.3) is 0 Å². The van der Waals surface area contributed by atoms with Gasteiger partial charge >= 0.3 is 5.97 Å². The van der Waals surface area contributed by atoms with Crippen LogP contribution in [0.4, 0.5) is 5.69 Å². The zero-order valence-corrected chi connectivity index (χ0v) is 11.1. The van der Waals surface area contributed by atoms with Crippen molar-refractivity contribution in [3.8, 4) is 0 Å². The van der Waals surface area contributed by atoms with Crippen molar-refractivity contribution >= 4 is 17.6 Å². The largest absolute Gasteiger partial charge is 0.476 e. The molecule has 0 saturated carbocycles. The van der Waals surface area contributed by atoms with Crippen LogP contribution in [0, 0.1) is 0 Å². The molecule has 9 nitrogen and oxygen atoms in total. The summed E-state index contributed by atoms with van der Waals surface area (Å²) in [5.41, 5.74) is 1.22. The van der Waals surface area contributed by atoms with Crippen LogP contribution in [0.3, 0.4) is 0 Å². The Morgan fingerprint density at radius 3 is 2.75 bits per heavy atom. The first kappa shape index (κ1) is 13.7. The van der Waals surface area contributed by atoms with Crippen LogP contribution < -0.4 is 5.32 Å². The number of carboxylic acid groups (broad SMARTS) is 1. The van der Waals surface area contributed by atoms with E-state index in [4.69, 9.17) is 5.11 Å². The van der Waals surface area contributed by atoms with Crippen molar-refractivity contribution in [1.29, 1.82) is 0 Å². The maximum absolute atomic E-state index is 11.9. The number of hydrogen-bond acceptors (Lipinski definition) is 5. The number of nitrogens with zero attached hydrogens (tertiary/aromatic N) is 5. The number of amides is 1. The van der Waals surface area contributed by atoms with E-state index in [9.17, 15) is 9.59 Å². The maximum Gasteiger partial charge on any atom is 0.358 e. The molecule has 0 fully saturated rings. The van der Waals surface area contributed by atoms with E-state index in [0.717, 1.165) is 5.69 Å². The van der Waals surface area contributed by atoms with Gasteiger partial charge in [-0.2, -0.15) is 5.10 Å².